The van der Waals surface area contributed by atoms with E-state index in [1.54, 1.807) is 29.5 Å². The van der Waals surface area contributed by atoms with Crippen LogP contribution < -0.4 is 4.90 Å². The van der Waals surface area contributed by atoms with Gasteiger partial charge in [-0.05, 0) is 74.8 Å². The Labute approximate surface area is 218 Å². The fraction of sp³-hybridized carbons (Fsp3) is 0.346. The standard InChI is InChI=1S/C26H25F3N6OS/c1-4-5-6-19-16-34(32-31-19)20-10-7-17(8-11-20)15-33-24(37)35(23(36)25(33,2)3)21-12-9-18(14-30)22(13-21)26(27,28)29/h7-13,16H,4-6,15H2,1-3H3. The van der Waals surface area contributed by atoms with Crippen LogP contribution in [0.5, 0.6) is 0 Å². The van der Waals surface area contributed by atoms with E-state index in [2.05, 4.69) is 17.2 Å². The van der Waals surface area contributed by atoms with Gasteiger partial charge in [-0.3, -0.25) is 9.69 Å². The number of carbonyl (C=O) groups excluding carboxylic acids is 1. The quantitative estimate of drug-likeness (QED) is 0.383. The Bertz CT molecular complexity index is 1370. The molecule has 11 heteroatoms. The number of hydrogen-bond acceptors (Lipinski definition) is 5. The highest BCUT2D eigenvalue weighted by atomic mass is 32.1. The van der Waals surface area contributed by atoms with Crippen molar-refractivity contribution in [1.82, 2.24) is 19.9 Å². The fourth-order valence-electron chi connectivity index (χ4n) is 4.17. The molecule has 0 saturated carbocycles. The molecule has 0 N–H and O–H groups in total. The molecule has 2 heterocycles. The maximum absolute atomic E-state index is 13.5. The van der Waals surface area contributed by atoms with Crippen LogP contribution in [0.2, 0.25) is 0 Å². The summed E-state index contributed by atoms with van der Waals surface area (Å²) in [6, 6.07) is 12.2. The molecule has 1 aliphatic rings. The highest BCUT2D eigenvalue weighted by Crippen LogP contribution is 2.38. The lowest BCUT2D eigenvalue weighted by molar-refractivity contribution is -0.137. The smallest absolute Gasteiger partial charge is 0.330 e. The highest BCUT2D eigenvalue weighted by Gasteiger charge is 2.49. The molecule has 1 fully saturated rings. The van der Waals surface area contributed by atoms with E-state index in [9.17, 15) is 18.0 Å². The molecule has 0 spiro atoms. The number of nitrogens with zero attached hydrogens (tertiary/aromatic N) is 6. The van der Waals surface area contributed by atoms with Gasteiger partial charge in [0.05, 0.1) is 40.5 Å². The maximum Gasteiger partial charge on any atom is 0.417 e. The van der Waals surface area contributed by atoms with Crippen LogP contribution in [0.1, 0.15) is 56.0 Å². The van der Waals surface area contributed by atoms with Crippen molar-refractivity contribution >= 4 is 28.9 Å². The SMILES string of the molecule is CCCCc1cn(-c2ccc(CN3C(=S)N(c4ccc(C#N)c(C(F)(F)F)c4)C(=O)C3(C)C)cc2)nn1. The van der Waals surface area contributed by atoms with Gasteiger partial charge in [0.2, 0.25) is 0 Å². The number of aryl methyl sites for hydroxylation is 1. The first-order chi connectivity index (χ1) is 17.5. The van der Waals surface area contributed by atoms with Gasteiger partial charge in [0.1, 0.15) is 5.54 Å². The molecule has 4 rings (SSSR count). The van der Waals surface area contributed by atoms with E-state index in [4.69, 9.17) is 17.5 Å². The molecule has 192 valence electrons. The van der Waals surface area contributed by atoms with Gasteiger partial charge in [0, 0.05) is 6.54 Å². The number of halogens is 3. The van der Waals surface area contributed by atoms with E-state index in [1.165, 1.54) is 6.07 Å². The van der Waals surface area contributed by atoms with Crippen LogP contribution in [-0.2, 0) is 23.9 Å². The molecule has 1 amide bonds. The maximum atomic E-state index is 13.5. The van der Waals surface area contributed by atoms with Crippen LogP contribution in [0.3, 0.4) is 0 Å². The number of benzene rings is 2. The summed E-state index contributed by atoms with van der Waals surface area (Å²) < 4.78 is 42.3. The van der Waals surface area contributed by atoms with Crippen LogP contribution >= 0.6 is 12.2 Å². The third-order valence-electron chi connectivity index (χ3n) is 6.38. The Morgan fingerprint density at radius 1 is 1.11 bits per heavy atom. The van der Waals surface area contributed by atoms with E-state index < -0.39 is 28.7 Å². The Kier molecular flexibility index (Phi) is 7.06. The second-order valence-corrected chi connectivity index (χ2v) is 9.70. The molecule has 2 aromatic carbocycles. The number of anilines is 1. The summed E-state index contributed by atoms with van der Waals surface area (Å²) in [6.45, 7) is 5.75. The van der Waals surface area contributed by atoms with Gasteiger partial charge in [-0.25, -0.2) is 4.68 Å². The molecule has 0 atom stereocenters. The molecule has 1 aromatic heterocycles. The molecular formula is C26H25F3N6OS. The summed E-state index contributed by atoms with van der Waals surface area (Å²) in [5, 5.41) is 17.6. The summed E-state index contributed by atoms with van der Waals surface area (Å²) in [6.07, 6.45) is 0.129. The molecule has 7 nitrogen and oxygen atoms in total. The summed E-state index contributed by atoms with van der Waals surface area (Å²) in [7, 11) is 0. The average Bonchev–Trinajstić information content (AvgIpc) is 3.40. The van der Waals surface area contributed by atoms with E-state index in [0.717, 1.165) is 53.2 Å². The van der Waals surface area contributed by atoms with E-state index in [-0.39, 0.29) is 17.3 Å². The number of nitriles is 1. The van der Waals surface area contributed by atoms with Crippen molar-refractivity contribution < 1.29 is 18.0 Å². The van der Waals surface area contributed by atoms with Gasteiger partial charge >= 0.3 is 6.18 Å². The van der Waals surface area contributed by atoms with E-state index in [0.29, 0.717) is 0 Å². The number of amides is 1. The Morgan fingerprint density at radius 3 is 2.41 bits per heavy atom. The van der Waals surface area contributed by atoms with Crippen molar-refractivity contribution in [2.75, 3.05) is 4.90 Å². The van der Waals surface area contributed by atoms with Crippen LogP contribution in [-0.4, -0.2) is 36.5 Å². The molecule has 37 heavy (non-hydrogen) atoms. The number of alkyl halides is 3. The van der Waals surface area contributed by atoms with Crippen LogP contribution in [0.15, 0.2) is 48.7 Å². The third-order valence-corrected chi connectivity index (χ3v) is 6.78. The van der Waals surface area contributed by atoms with Crippen LogP contribution in [0.25, 0.3) is 5.69 Å². The monoisotopic (exact) mass is 526 g/mol. The third kappa shape index (κ3) is 5.06. The molecular weight excluding hydrogens is 501 g/mol. The largest absolute Gasteiger partial charge is 0.417 e. The number of hydrogen-bond donors (Lipinski definition) is 0. The van der Waals surface area contributed by atoms with Crippen molar-refractivity contribution in [2.24, 2.45) is 0 Å². The number of aromatic nitrogens is 3. The summed E-state index contributed by atoms with van der Waals surface area (Å²) in [4.78, 5) is 16.1. The zero-order chi connectivity index (χ0) is 27.0. The number of carbonyl (C=O) groups is 1. The van der Waals surface area contributed by atoms with Crippen LogP contribution in [0, 0.1) is 11.3 Å². The molecule has 0 bridgehead atoms. The first-order valence-corrected chi connectivity index (χ1v) is 12.2. The first-order valence-electron chi connectivity index (χ1n) is 11.8. The van der Waals surface area contributed by atoms with Gasteiger partial charge < -0.3 is 4.90 Å². The van der Waals surface area contributed by atoms with E-state index in [1.807, 2.05) is 30.5 Å². The van der Waals surface area contributed by atoms with Gasteiger partial charge in [-0.1, -0.05) is 30.7 Å². The second-order valence-electron chi connectivity index (χ2n) is 9.33. The lowest BCUT2D eigenvalue weighted by Gasteiger charge is -2.29. The normalized spacial score (nSPS) is 15.4. The number of unbranched alkanes of at least 4 members (excludes halogenated alkanes) is 1. The zero-order valence-corrected chi connectivity index (χ0v) is 21.4. The predicted molar refractivity (Wildman–Crippen MR) is 136 cm³/mol. The molecule has 1 aliphatic heterocycles. The Balaban J connectivity index is 1.57. The number of rotatable bonds is 7. The molecule has 0 radical (unpaired) electrons. The Hall–Kier alpha value is -3.78. The van der Waals surface area contributed by atoms with E-state index >= 15 is 0 Å². The average molecular weight is 527 g/mol. The van der Waals surface area contributed by atoms with Gasteiger partial charge in [0.15, 0.2) is 5.11 Å². The van der Waals surface area contributed by atoms with Crippen molar-refractivity contribution in [2.45, 2.75) is 58.3 Å². The van der Waals surface area contributed by atoms with Gasteiger partial charge in [0.25, 0.3) is 5.91 Å². The number of thiocarbonyl (C=S) groups is 1. The predicted octanol–water partition coefficient (Wildman–Crippen LogP) is 5.41. The summed E-state index contributed by atoms with van der Waals surface area (Å²) in [5.41, 5.74) is -0.145. The van der Waals surface area contributed by atoms with Crippen LogP contribution in [0.4, 0.5) is 18.9 Å². The molecule has 0 unspecified atom stereocenters. The fourth-order valence-corrected chi connectivity index (χ4v) is 4.65. The highest BCUT2D eigenvalue weighted by molar-refractivity contribution is 7.80. The molecule has 3 aromatic rings. The van der Waals surface area contributed by atoms with Crippen molar-refractivity contribution in [3.63, 3.8) is 0 Å². The lowest BCUT2D eigenvalue weighted by atomic mass is 10.0. The second kappa shape index (κ2) is 9.94. The first kappa shape index (κ1) is 26.3. The van der Waals surface area contributed by atoms with Crippen molar-refractivity contribution in [3.05, 3.63) is 71.0 Å². The Morgan fingerprint density at radius 2 is 1.78 bits per heavy atom. The minimum absolute atomic E-state index is 0.0303. The minimum atomic E-state index is -4.75. The summed E-state index contributed by atoms with van der Waals surface area (Å²) in [5.74, 6) is -0.450. The van der Waals surface area contributed by atoms with Gasteiger partial charge in [-0.15, -0.1) is 5.10 Å². The molecule has 1 saturated heterocycles. The van der Waals surface area contributed by atoms with Crippen molar-refractivity contribution in [3.8, 4) is 11.8 Å². The summed E-state index contributed by atoms with van der Waals surface area (Å²) >= 11 is 5.57. The van der Waals surface area contributed by atoms with Crippen molar-refractivity contribution in [1.29, 1.82) is 5.26 Å². The van der Waals surface area contributed by atoms with Gasteiger partial charge in [-0.2, -0.15) is 18.4 Å². The topological polar surface area (TPSA) is 78.0 Å². The zero-order valence-electron chi connectivity index (χ0n) is 20.6. The molecule has 0 aliphatic carbocycles. The minimum Gasteiger partial charge on any atom is -0.330 e. The lowest BCUT2D eigenvalue weighted by Crippen LogP contribution is -2.43.